The minimum Gasteiger partial charge on any atom is -0.353 e. The van der Waals surface area contributed by atoms with E-state index in [0.29, 0.717) is 11.8 Å². The highest BCUT2D eigenvalue weighted by molar-refractivity contribution is 7.99. The predicted octanol–water partition coefficient (Wildman–Crippen LogP) is 4.85. The minimum absolute atomic E-state index is 0.0583. The Labute approximate surface area is 165 Å². The third-order valence-corrected chi connectivity index (χ3v) is 5.48. The Balaban J connectivity index is 1.54. The maximum Gasteiger partial charge on any atom is 0.230 e. The van der Waals surface area contributed by atoms with Crippen LogP contribution in [0.15, 0.2) is 59.8 Å². The number of hydrogen-bond acceptors (Lipinski definition) is 3. The third kappa shape index (κ3) is 5.13. The van der Waals surface area contributed by atoms with E-state index < -0.39 is 0 Å². The second-order valence-corrected chi connectivity index (χ2v) is 8.07. The second-order valence-electron chi connectivity index (χ2n) is 7.13. The van der Waals surface area contributed by atoms with Crippen LogP contribution in [0.1, 0.15) is 38.8 Å². The Bertz CT molecular complexity index is 889. The number of amides is 1. The van der Waals surface area contributed by atoms with Crippen molar-refractivity contribution in [3.05, 3.63) is 60.2 Å². The normalized spacial score (nSPS) is 12.4. The van der Waals surface area contributed by atoms with E-state index in [9.17, 15) is 4.79 Å². The summed E-state index contributed by atoms with van der Waals surface area (Å²) >= 11 is 1.51. The van der Waals surface area contributed by atoms with Crippen LogP contribution < -0.4 is 5.32 Å². The quantitative estimate of drug-likeness (QED) is 0.568. The number of imidazole rings is 1. The van der Waals surface area contributed by atoms with Crippen LogP contribution in [-0.2, 0) is 11.2 Å². The van der Waals surface area contributed by atoms with Gasteiger partial charge in [0.2, 0.25) is 5.91 Å². The SMILES string of the molecule is CC(C)n1c(SCC(=O)N[C@H](C)CCc2ccccc2)nc2ccccc21. The van der Waals surface area contributed by atoms with Gasteiger partial charge in [0.05, 0.1) is 16.8 Å². The number of nitrogens with zero attached hydrogens (tertiary/aromatic N) is 2. The zero-order valence-electron chi connectivity index (χ0n) is 16.2. The summed E-state index contributed by atoms with van der Waals surface area (Å²) in [6.07, 6.45) is 1.91. The molecule has 0 bridgehead atoms. The molecule has 3 rings (SSSR count). The van der Waals surface area contributed by atoms with Crippen molar-refractivity contribution in [3.63, 3.8) is 0 Å². The molecule has 0 fully saturated rings. The van der Waals surface area contributed by atoms with Gasteiger partial charge in [0.15, 0.2) is 5.16 Å². The molecule has 0 saturated heterocycles. The Morgan fingerprint density at radius 3 is 2.52 bits per heavy atom. The van der Waals surface area contributed by atoms with E-state index in [1.165, 1.54) is 17.3 Å². The van der Waals surface area contributed by atoms with Crippen molar-refractivity contribution in [1.82, 2.24) is 14.9 Å². The van der Waals surface area contributed by atoms with Crippen molar-refractivity contribution in [1.29, 1.82) is 0 Å². The van der Waals surface area contributed by atoms with E-state index in [-0.39, 0.29) is 11.9 Å². The monoisotopic (exact) mass is 381 g/mol. The van der Waals surface area contributed by atoms with Gasteiger partial charge in [-0.05, 0) is 51.3 Å². The summed E-state index contributed by atoms with van der Waals surface area (Å²) < 4.78 is 2.20. The molecule has 2 aromatic carbocycles. The average molecular weight is 382 g/mol. The van der Waals surface area contributed by atoms with Gasteiger partial charge in [-0.3, -0.25) is 4.79 Å². The maximum atomic E-state index is 12.4. The second kappa shape index (κ2) is 9.09. The van der Waals surface area contributed by atoms with E-state index in [1.807, 2.05) is 24.3 Å². The number of benzene rings is 2. The van der Waals surface area contributed by atoms with Gasteiger partial charge < -0.3 is 9.88 Å². The lowest BCUT2D eigenvalue weighted by molar-refractivity contribution is -0.119. The first kappa shape index (κ1) is 19.5. The summed E-state index contributed by atoms with van der Waals surface area (Å²) in [5.74, 6) is 0.439. The molecular weight excluding hydrogens is 354 g/mol. The van der Waals surface area contributed by atoms with Crippen molar-refractivity contribution in [2.45, 2.75) is 50.9 Å². The number of carbonyl (C=O) groups is 1. The molecule has 1 heterocycles. The fourth-order valence-electron chi connectivity index (χ4n) is 3.17. The number of thioether (sulfide) groups is 1. The number of hydrogen-bond donors (Lipinski definition) is 1. The zero-order chi connectivity index (χ0) is 19.2. The fraction of sp³-hybridized carbons (Fsp3) is 0.364. The summed E-state index contributed by atoms with van der Waals surface area (Å²) in [5.41, 5.74) is 3.40. The topological polar surface area (TPSA) is 46.9 Å². The molecule has 5 heteroatoms. The van der Waals surface area contributed by atoms with Gasteiger partial charge in [0.1, 0.15) is 0 Å². The molecule has 0 aliphatic carbocycles. The molecule has 3 aromatic rings. The molecule has 142 valence electrons. The highest BCUT2D eigenvalue weighted by atomic mass is 32.2. The van der Waals surface area contributed by atoms with Crippen molar-refractivity contribution >= 4 is 28.7 Å². The molecule has 1 aromatic heterocycles. The molecule has 0 saturated carbocycles. The van der Waals surface area contributed by atoms with Crippen molar-refractivity contribution in [2.75, 3.05) is 5.75 Å². The van der Waals surface area contributed by atoms with Gasteiger partial charge in [0.25, 0.3) is 0 Å². The molecule has 0 radical (unpaired) electrons. The lowest BCUT2D eigenvalue weighted by Crippen LogP contribution is -2.34. The van der Waals surface area contributed by atoms with Gasteiger partial charge in [-0.2, -0.15) is 0 Å². The van der Waals surface area contributed by atoms with Gasteiger partial charge >= 0.3 is 0 Å². The van der Waals surface area contributed by atoms with E-state index >= 15 is 0 Å². The molecule has 4 nitrogen and oxygen atoms in total. The highest BCUT2D eigenvalue weighted by Crippen LogP contribution is 2.27. The van der Waals surface area contributed by atoms with Crippen LogP contribution in [0, 0.1) is 0 Å². The van der Waals surface area contributed by atoms with E-state index in [2.05, 4.69) is 61.0 Å². The number of nitrogens with one attached hydrogen (secondary N) is 1. The predicted molar refractivity (Wildman–Crippen MR) is 113 cm³/mol. The molecule has 27 heavy (non-hydrogen) atoms. The molecule has 1 atom stereocenters. The first-order chi connectivity index (χ1) is 13.0. The van der Waals surface area contributed by atoms with Gasteiger partial charge in [0, 0.05) is 12.1 Å². The van der Waals surface area contributed by atoms with Crippen molar-refractivity contribution < 1.29 is 4.79 Å². The van der Waals surface area contributed by atoms with E-state index in [4.69, 9.17) is 4.98 Å². The standard InChI is InChI=1S/C22H27N3OS/c1-16(2)25-20-12-8-7-11-19(20)24-22(25)27-15-21(26)23-17(3)13-14-18-9-5-4-6-10-18/h4-12,16-17H,13-15H2,1-3H3,(H,23,26)/t17-/m1/s1. The number of para-hydroxylation sites is 2. The van der Waals surface area contributed by atoms with Crippen LogP contribution in [-0.4, -0.2) is 27.3 Å². The maximum absolute atomic E-state index is 12.4. The summed E-state index contributed by atoms with van der Waals surface area (Å²) in [7, 11) is 0. The Kier molecular flexibility index (Phi) is 6.56. The minimum atomic E-state index is 0.0583. The first-order valence-corrected chi connectivity index (χ1v) is 10.5. The van der Waals surface area contributed by atoms with Gasteiger partial charge in [-0.15, -0.1) is 0 Å². The van der Waals surface area contributed by atoms with Gasteiger partial charge in [-0.25, -0.2) is 4.98 Å². The summed E-state index contributed by atoms with van der Waals surface area (Å²) in [5, 5.41) is 4.01. The number of carbonyl (C=O) groups excluding carboxylic acids is 1. The van der Waals surface area contributed by atoms with Crippen LogP contribution in [0.5, 0.6) is 0 Å². The van der Waals surface area contributed by atoms with Crippen LogP contribution >= 0.6 is 11.8 Å². The molecule has 0 aliphatic rings. The Morgan fingerprint density at radius 1 is 1.07 bits per heavy atom. The summed E-state index contributed by atoms with van der Waals surface area (Å²) in [6, 6.07) is 19.0. The smallest absolute Gasteiger partial charge is 0.230 e. The van der Waals surface area contributed by atoms with E-state index in [0.717, 1.165) is 29.0 Å². The first-order valence-electron chi connectivity index (χ1n) is 9.47. The van der Waals surface area contributed by atoms with Crippen molar-refractivity contribution in [3.8, 4) is 0 Å². The van der Waals surface area contributed by atoms with Gasteiger partial charge in [-0.1, -0.05) is 54.2 Å². The highest BCUT2D eigenvalue weighted by Gasteiger charge is 2.15. The molecule has 0 aliphatic heterocycles. The molecule has 0 spiro atoms. The third-order valence-electron chi connectivity index (χ3n) is 4.53. The molecule has 1 N–H and O–H groups in total. The van der Waals surface area contributed by atoms with Crippen LogP contribution in [0.2, 0.25) is 0 Å². The number of aromatic nitrogens is 2. The summed E-state index contributed by atoms with van der Waals surface area (Å²) in [4.78, 5) is 17.1. The zero-order valence-corrected chi connectivity index (χ0v) is 17.0. The summed E-state index contributed by atoms with van der Waals surface area (Å²) in [6.45, 7) is 6.35. The average Bonchev–Trinajstić information content (AvgIpc) is 3.04. The number of rotatable bonds is 8. The van der Waals surface area contributed by atoms with Crippen LogP contribution in [0.25, 0.3) is 11.0 Å². The Hall–Kier alpha value is -2.27. The number of fused-ring (bicyclic) bond motifs is 1. The van der Waals surface area contributed by atoms with Crippen LogP contribution in [0.4, 0.5) is 0 Å². The Morgan fingerprint density at radius 2 is 1.78 bits per heavy atom. The molecule has 0 unspecified atom stereocenters. The van der Waals surface area contributed by atoms with E-state index in [1.54, 1.807) is 0 Å². The molecular formula is C22H27N3OS. The van der Waals surface area contributed by atoms with Crippen molar-refractivity contribution in [2.24, 2.45) is 0 Å². The lowest BCUT2D eigenvalue weighted by Gasteiger charge is -2.15. The fourth-order valence-corrected chi connectivity index (χ4v) is 4.12. The lowest BCUT2D eigenvalue weighted by atomic mass is 10.1. The van der Waals surface area contributed by atoms with Crippen LogP contribution in [0.3, 0.4) is 0 Å². The molecule has 1 amide bonds. The largest absolute Gasteiger partial charge is 0.353 e. The number of aryl methyl sites for hydroxylation is 1.